The average Bonchev–Trinajstić information content (AvgIpc) is 3.83. The van der Waals surface area contributed by atoms with Crippen molar-refractivity contribution in [2.45, 2.75) is 65.5 Å². The van der Waals surface area contributed by atoms with Crippen LogP contribution in [0.1, 0.15) is 93.9 Å². The molecule has 14 nitrogen and oxygen atoms in total. The first-order valence-electron chi connectivity index (χ1n) is 18.4. The molecule has 16 heteroatoms. The molecule has 0 spiro atoms. The average molecular weight is 826 g/mol. The summed E-state index contributed by atoms with van der Waals surface area (Å²) in [5.74, 6) is -2.03. The molecule has 6 aromatic rings. The number of rotatable bonds is 14. The van der Waals surface area contributed by atoms with Crippen molar-refractivity contribution in [3.8, 4) is 11.4 Å². The summed E-state index contributed by atoms with van der Waals surface area (Å²) >= 11 is 12.5. The van der Waals surface area contributed by atoms with Gasteiger partial charge in [0.05, 0.1) is 46.3 Å². The van der Waals surface area contributed by atoms with Crippen molar-refractivity contribution in [3.05, 3.63) is 153 Å². The van der Waals surface area contributed by atoms with E-state index in [4.69, 9.17) is 23.2 Å². The highest BCUT2D eigenvalue weighted by Crippen LogP contribution is 2.24. The lowest BCUT2D eigenvalue weighted by Gasteiger charge is -2.18. The molecule has 0 aliphatic carbocycles. The maximum Gasteiger partial charge on any atom is 0.305 e. The van der Waals surface area contributed by atoms with Crippen LogP contribution in [0.2, 0.25) is 10.0 Å². The summed E-state index contributed by atoms with van der Waals surface area (Å²) in [7, 11) is 0. The summed E-state index contributed by atoms with van der Waals surface area (Å²) in [5.41, 5.74) is 4.62. The lowest BCUT2D eigenvalue weighted by Crippen LogP contribution is -2.31. The third kappa shape index (κ3) is 10.7. The monoisotopic (exact) mass is 824 g/mol. The van der Waals surface area contributed by atoms with Gasteiger partial charge in [-0.15, -0.1) is 10.2 Å². The fraction of sp³-hybridized carbons (Fsp3) is 0.238. The minimum atomic E-state index is -1.01. The lowest BCUT2D eigenvalue weighted by molar-refractivity contribution is -0.138. The van der Waals surface area contributed by atoms with Crippen molar-refractivity contribution in [3.63, 3.8) is 0 Å². The van der Waals surface area contributed by atoms with Crippen LogP contribution in [0.3, 0.4) is 0 Å². The molecule has 58 heavy (non-hydrogen) atoms. The SMILES string of the molecule is CCc1nc(C(=O)N[C@@H](CC(=O)O)c2ccc(C)cc2)nn1-c1ccccc1Cl.CCc1nc(C(=O)N[C@@H](CC(=O)O)c2ccccc2C)nn1-c1ccccc1Cl. The second kappa shape index (κ2) is 19.7. The first kappa shape index (κ1) is 42.8. The van der Waals surface area contributed by atoms with Crippen LogP contribution in [0.25, 0.3) is 11.4 Å². The van der Waals surface area contributed by atoms with Gasteiger partial charge in [-0.2, -0.15) is 0 Å². The van der Waals surface area contributed by atoms with Crippen molar-refractivity contribution in [1.29, 1.82) is 0 Å². The van der Waals surface area contributed by atoms with Crippen LogP contribution >= 0.6 is 23.2 Å². The zero-order valence-electron chi connectivity index (χ0n) is 32.2. The molecule has 0 saturated heterocycles. The maximum absolute atomic E-state index is 12.8. The molecule has 4 aromatic carbocycles. The molecule has 6 rings (SSSR count). The van der Waals surface area contributed by atoms with Gasteiger partial charge in [0.15, 0.2) is 0 Å². The van der Waals surface area contributed by atoms with E-state index in [1.807, 2.05) is 70.2 Å². The van der Waals surface area contributed by atoms with E-state index >= 15 is 0 Å². The lowest BCUT2D eigenvalue weighted by atomic mass is 9.99. The predicted molar refractivity (Wildman–Crippen MR) is 219 cm³/mol. The van der Waals surface area contributed by atoms with E-state index in [9.17, 15) is 29.4 Å². The molecule has 0 aliphatic rings. The van der Waals surface area contributed by atoms with Crippen LogP contribution in [-0.2, 0) is 22.4 Å². The highest BCUT2D eigenvalue weighted by Gasteiger charge is 2.25. The maximum atomic E-state index is 12.8. The van der Waals surface area contributed by atoms with Crippen LogP contribution in [0, 0.1) is 13.8 Å². The smallest absolute Gasteiger partial charge is 0.305 e. The van der Waals surface area contributed by atoms with Gasteiger partial charge in [0.1, 0.15) is 11.6 Å². The number of aryl methyl sites for hydroxylation is 4. The van der Waals surface area contributed by atoms with E-state index in [2.05, 4.69) is 30.8 Å². The summed E-state index contributed by atoms with van der Waals surface area (Å²) in [6, 6.07) is 27.6. The van der Waals surface area contributed by atoms with Gasteiger partial charge in [0.25, 0.3) is 11.8 Å². The molecule has 0 saturated carbocycles. The van der Waals surface area contributed by atoms with Crippen LogP contribution in [0.5, 0.6) is 0 Å². The normalized spacial score (nSPS) is 11.8. The number of aromatic nitrogens is 6. The number of carbonyl (C=O) groups excluding carboxylic acids is 2. The first-order chi connectivity index (χ1) is 27.8. The Morgan fingerprint density at radius 3 is 1.50 bits per heavy atom. The second-order valence-corrected chi connectivity index (χ2v) is 14.0. The molecule has 0 unspecified atom stereocenters. The molecule has 2 atom stereocenters. The molecule has 0 aliphatic heterocycles. The van der Waals surface area contributed by atoms with Crippen molar-refractivity contribution in [2.75, 3.05) is 0 Å². The first-order valence-corrected chi connectivity index (χ1v) is 19.1. The number of carboxylic acid groups (broad SMARTS) is 2. The van der Waals surface area contributed by atoms with E-state index in [-0.39, 0.29) is 24.5 Å². The minimum Gasteiger partial charge on any atom is -0.481 e. The van der Waals surface area contributed by atoms with Gasteiger partial charge >= 0.3 is 11.9 Å². The Morgan fingerprint density at radius 2 is 1.05 bits per heavy atom. The van der Waals surface area contributed by atoms with Crippen LogP contribution < -0.4 is 10.6 Å². The van der Waals surface area contributed by atoms with Gasteiger partial charge in [-0.1, -0.05) is 115 Å². The molecule has 0 bridgehead atoms. The van der Waals surface area contributed by atoms with E-state index in [1.165, 1.54) is 9.36 Å². The number of halogens is 2. The third-order valence-corrected chi connectivity index (χ3v) is 9.60. The number of benzene rings is 4. The standard InChI is InChI=1S/2C21H21ClN4O3/c1-3-18-24-20(25-26(18)17-11-7-6-10-15(17)22)21(29)23-16(12-19(27)28)14-9-5-4-8-13(14)2;1-3-18-24-20(25-26(18)17-7-5-4-6-15(17)22)21(29)23-16(12-19(27)28)14-10-8-13(2)9-11-14/h2*4-11,16H,3,12H2,1-2H3,(H,23,29)(H,27,28)/t2*16-/m00/s1. The van der Waals surface area contributed by atoms with Gasteiger partial charge in [-0.3, -0.25) is 19.2 Å². The molecule has 0 radical (unpaired) electrons. The third-order valence-electron chi connectivity index (χ3n) is 8.96. The molecular weight excluding hydrogens is 783 g/mol. The summed E-state index contributed by atoms with van der Waals surface area (Å²) in [5, 5.41) is 33.6. The second-order valence-electron chi connectivity index (χ2n) is 13.2. The Kier molecular flexibility index (Phi) is 14.5. The Hall–Kier alpha value is -6.38. The largest absolute Gasteiger partial charge is 0.481 e. The van der Waals surface area contributed by atoms with Gasteiger partial charge in [-0.05, 0) is 54.8 Å². The van der Waals surface area contributed by atoms with Gasteiger partial charge in [-0.25, -0.2) is 19.3 Å². The van der Waals surface area contributed by atoms with Crippen LogP contribution in [0.15, 0.2) is 97.1 Å². The number of amides is 2. The predicted octanol–water partition coefficient (Wildman–Crippen LogP) is 7.47. The highest BCUT2D eigenvalue weighted by atomic mass is 35.5. The van der Waals surface area contributed by atoms with Crippen molar-refractivity contribution in [1.82, 2.24) is 40.2 Å². The summed E-state index contributed by atoms with van der Waals surface area (Å²) in [4.78, 5) is 56.9. The Bertz CT molecular complexity index is 2410. The topological polar surface area (TPSA) is 194 Å². The molecule has 300 valence electrons. The number of hydrogen-bond donors (Lipinski definition) is 4. The number of para-hydroxylation sites is 2. The quantitative estimate of drug-likeness (QED) is 0.0856. The number of hydrogen-bond acceptors (Lipinski definition) is 8. The summed E-state index contributed by atoms with van der Waals surface area (Å²) in [6.45, 7) is 7.61. The van der Waals surface area contributed by atoms with Crippen LogP contribution in [0.4, 0.5) is 0 Å². The fourth-order valence-electron chi connectivity index (χ4n) is 6.03. The zero-order valence-corrected chi connectivity index (χ0v) is 33.7. The van der Waals surface area contributed by atoms with Crippen molar-refractivity contribution >= 4 is 47.0 Å². The Balaban J connectivity index is 0.000000221. The van der Waals surface area contributed by atoms with Gasteiger partial charge < -0.3 is 20.8 Å². The fourth-order valence-corrected chi connectivity index (χ4v) is 6.47. The Morgan fingerprint density at radius 1 is 0.621 bits per heavy atom. The molecular formula is C42H42Cl2N8O6. The Labute approximate surface area is 344 Å². The molecule has 0 fully saturated rings. The minimum absolute atomic E-state index is 0.0363. The number of aliphatic carboxylic acids is 2. The molecule has 2 aromatic heterocycles. The van der Waals surface area contributed by atoms with Crippen LogP contribution in [-0.4, -0.2) is 63.5 Å². The number of carbonyl (C=O) groups is 4. The van der Waals surface area contributed by atoms with Crippen molar-refractivity contribution in [2.24, 2.45) is 0 Å². The van der Waals surface area contributed by atoms with E-state index in [0.29, 0.717) is 51.5 Å². The van der Waals surface area contributed by atoms with E-state index < -0.39 is 35.8 Å². The number of carboxylic acids is 2. The number of nitrogens with one attached hydrogen (secondary N) is 2. The molecule has 2 amide bonds. The van der Waals surface area contributed by atoms with Gasteiger partial charge in [0.2, 0.25) is 11.6 Å². The van der Waals surface area contributed by atoms with E-state index in [1.54, 1.807) is 54.6 Å². The highest BCUT2D eigenvalue weighted by molar-refractivity contribution is 6.32. The van der Waals surface area contributed by atoms with Gasteiger partial charge in [0, 0.05) is 12.8 Å². The summed E-state index contributed by atoms with van der Waals surface area (Å²) < 4.78 is 3.08. The summed E-state index contributed by atoms with van der Waals surface area (Å²) in [6.07, 6.45) is 0.590. The van der Waals surface area contributed by atoms with E-state index in [0.717, 1.165) is 16.7 Å². The zero-order chi connectivity index (χ0) is 41.9. The molecule has 4 N–H and O–H groups in total. The van der Waals surface area contributed by atoms with Crippen molar-refractivity contribution < 1.29 is 29.4 Å². The number of nitrogens with zero attached hydrogens (tertiary/aromatic N) is 6. The molecule has 2 heterocycles.